The van der Waals surface area contributed by atoms with E-state index in [9.17, 15) is 19.8 Å². The molecule has 0 aliphatic carbocycles. The maximum absolute atomic E-state index is 12.5. The molecule has 1 aliphatic rings. The van der Waals surface area contributed by atoms with Crippen molar-refractivity contribution in [1.82, 2.24) is 0 Å². The Hall–Kier alpha value is -2.65. The van der Waals surface area contributed by atoms with E-state index < -0.39 is 17.9 Å². The molecule has 8 nitrogen and oxygen atoms in total. The van der Waals surface area contributed by atoms with Crippen LogP contribution in [0, 0.1) is 13.8 Å². The van der Waals surface area contributed by atoms with Crippen LogP contribution in [0.2, 0.25) is 0 Å². The van der Waals surface area contributed by atoms with Gasteiger partial charge in [-0.25, -0.2) is 0 Å². The summed E-state index contributed by atoms with van der Waals surface area (Å²) in [6.45, 7) is 6.02. The molecule has 32 heavy (non-hydrogen) atoms. The summed E-state index contributed by atoms with van der Waals surface area (Å²) in [4.78, 5) is 24.9. The van der Waals surface area contributed by atoms with Gasteiger partial charge in [-0.05, 0) is 55.7 Å². The van der Waals surface area contributed by atoms with Gasteiger partial charge in [0.2, 0.25) is 5.90 Å². The number of rotatable bonds is 6. The maximum atomic E-state index is 12.5. The summed E-state index contributed by atoms with van der Waals surface area (Å²) >= 11 is 0. The second-order valence-electron chi connectivity index (χ2n) is 7.20. The molecule has 1 heterocycles. The number of amides is 2. The van der Waals surface area contributed by atoms with Crippen LogP contribution in [0.5, 0.6) is 0 Å². The monoisotopic (exact) mass is 445 g/mol. The van der Waals surface area contributed by atoms with Crippen LogP contribution in [0.1, 0.15) is 36.1 Å². The van der Waals surface area contributed by atoms with Gasteiger partial charge in [0, 0.05) is 5.69 Å². The van der Waals surface area contributed by atoms with E-state index in [0.29, 0.717) is 36.2 Å². The number of carbonyl (C=O) groups is 2. The van der Waals surface area contributed by atoms with Crippen molar-refractivity contribution in [3.8, 4) is 0 Å². The van der Waals surface area contributed by atoms with Gasteiger partial charge in [0.05, 0.1) is 17.9 Å². The van der Waals surface area contributed by atoms with Crippen LogP contribution in [0.4, 0.5) is 11.4 Å². The Labute approximate surface area is 208 Å². The zero-order valence-corrected chi connectivity index (χ0v) is 20.6. The Morgan fingerprint density at radius 1 is 1.25 bits per heavy atom. The summed E-state index contributed by atoms with van der Waals surface area (Å²) in [7, 11) is 0. The predicted molar refractivity (Wildman–Crippen MR) is 115 cm³/mol. The van der Waals surface area contributed by atoms with Gasteiger partial charge in [0.25, 0.3) is 11.8 Å². The molecule has 9 heteroatoms. The smallest absolute Gasteiger partial charge is 0.877 e. The number of hydrogen-bond acceptors (Lipinski definition) is 6. The van der Waals surface area contributed by atoms with Gasteiger partial charge in [-0.2, -0.15) is 5.01 Å². The Balaban J connectivity index is 0.00000363. The van der Waals surface area contributed by atoms with Gasteiger partial charge >= 0.3 is 29.6 Å². The topological polar surface area (TPSA) is 114 Å². The summed E-state index contributed by atoms with van der Waals surface area (Å²) in [5, 5.41) is 29.5. The number of ether oxygens (including phenoxy) is 1. The molecule has 1 atom stereocenters. The first kappa shape index (κ1) is 25.6. The van der Waals surface area contributed by atoms with Crippen molar-refractivity contribution in [2.24, 2.45) is 5.10 Å². The number of carbonyl (C=O) groups excluding carboxylic acids is 2. The third-order valence-corrected chi connectivity index (χ3v) is 4.75. The molecule has 1 aliphatic heterocycles. The first-order valence-corrected chi connectivity index (χ1v) is 9.90. The van der Waals surface area contributed by atoms with Crippen molar-refractivity contribution in [2.75, 3.05) is 16.9 Å². The van der Waals surface area contributed by atoms with Crippen LogP contribution >= 0.6 is 0 Å². The van der Waals surface area contributed by atoms with Gasteiger partial charge in [-0.15, -0.1) is 11.4 Å². The van der Waals surface area contributed by atoms with Crippen LogP contribution in [0.15, 0.2) is 59.4 Å². The molecule has 2 amide bonds. The third-order valence-electron chi connectivity index (χ3n) is 4.75. The predicted octanol–water partition coefficient (Wildman–Crippen LogP) is -0.690. The number of anilines is 2. The molecule has 0 saturated carbocycles. The van der Waals surface area contributed by atoms with Crippen molar-refractivity contribution in [1.29, 1.82) is 0 Å². The molecular weight excluding hydrogens is 421 g/mol. The summed E-state index contributed by atoms with van der Waals surface area (Å²) in [6.07, 6.45) is -0.172. The molecule has 0 spiro atoms. The Morgan fingerprint density at radius 2 is 1.94 bits per heavy atom. The summed E-state index contributed by atoms with van der Waals surface area (Å²) in [6, 6.07) is 11.8. The van der Waals surface area contributed by atoms with Crippen molar-refractivity contribution in [2.45, 2.75) is 33.3 Å². The first-order chi connectivity index (χ1) is 14.8. The van der Waals surface area contributed by atoms with Crippen molar-refractivity contribution >= 4 is 29.1 Å². The molecule has 0 fully saturated rings. The van der Waals surface area contributed by atoms with E-state index in [1.54, 1.807) is 30.3 Å². The van der Waals surface area contributed by atoms with Gasteiger partial charge < -0.3 is 20.3 Å². The van der Waals surface area contributed by atoms with Gasteiger partial charge in [0.15, 0.2) is 6.10 Å². The Kier molecular flexibility index (Phi) is 9.03. The minimum atomic E-state index is -1.31. The normalized spacial score (nSPS) is 15.2. The largest absolute Gasteiger partial charge is 1.00 e. The molecule has 1 unspecified atom stereocenters. The fraction of sp³-hybridized carbons (Fsp3) is 0.261. The third kappa shape index (κ3) is 5.58. The minimum absolute atomic E-state index is 0. The molecule has 2 N–H and O–H groups in total. The van der Waals surface area contributed by atoms with Crippen molar-refractivity contribution in [3.05, 3.63) is 71.0 Å². The molecule has 0 bridgehead atoms. The average molecular weight is 445 g/mol. The van der Waals surface area contributed by atoms with E-state index in [1.807, 2.05) is 32.9 Å². The average Bonchev–Trinajstić information content (AvgIpc) is 3.07. The van der Waals surface area contributed by atoms with Crippen LogP contribution in [0.25, 0.3) is 0 Å². The fourth-order valence-corrected chi connectivity index (χ4v) is 3.15. The van der Waals surface area contributed by atoms with Crippen LogP contribution < -0.4 is 45.0 Å². The second kappa shape index (κ2) is 11.3. The van der Waals surface area contributed by atoms with E-state index in [2.05, 4.69) is 10.4 Å². The zero-order valence-electron chi connectivity index (χ0n) is 18.6. The SMILES string of the molecule is CCCOC1=NN(c2ccc(NC(=O)C(O)c3ccc(C)cc3C)cc2)C(=O)/C1=C/[O-].[Na+]. The molecule has 0 radical (unpaired) electrons. The van der Waals surface area contributed by atoms with E-state index >= 15 is 0 Å². The van der Waals surface area contributed by atoms with E-state index in [1.165, 1.54) is 0 Å². The Bertz CT molecular complexity index is 1050. The van der Waals surface area contributed by atoms with E-state index in [0.717, 1.165) is 16.1 Å². The summed E-state index contributed by atoms with van der Waals surface area (Å²) in [5.74, 6) is -1.15. The molecule has 2 aromatic rings. The standard InChI is InChI=1S/C23H25N3O5.Na/c1-4-11-31-22-19(13-27)23(30)26(25-22)17-8-6-16(7-9-17)24-21(29)20(28)18-10-5-14(2)12-15(18)3;/h5-10,12-13,20,27-28H,4,11H2,1-3H3,(H,24,29);/q;+1/p-1/b19-13+;. The number of nitrogens with one attached hydrogen (secondary N) is 1. The maximum Gasteiger partial charge on any atom is 1.00 e. The molecule has 162 valence electrons. The second-order valence-corrected chi connectivity index (χ2v) is 7.20. The zero-order chi connectivity index (χ0) is 22.5. The number of aliphatic hydroxyl groups excluding tert-OH is 1. The summed E-state index contributed by atoms with van der Waals surface area (Å²) < 4.78 is 5.37. The first-order valence-electron chi connectivity index (χ1n) is 9.90. The fourth-order valence-electron chi connectivity index (χ4n) is 3.15. The van der Waals surface area contributed by atoms with Crippen LogP contribution in [-0.4, -0.2) is 29.4 Å². The number of hydrazone groups is 1. The van der Waals surface area contributed by atoms with Gasteiger partial charge in [-0.1, -0.05) is 30.7 Å². The Morgan fingerprint density at radius 3 is 2.53 bits per heavy atom. The number of nitrogens with zero attached hydrogens (tertiary/aromatic N) is 2. The van der Waals surface area contributed by atoms with E-state index in [-0.39, 0.29) is 41.0 Å². The van der Waals surface area contributed by atoms with Crippen LogP contribution in [0.3, 0.4) is 0 Å². The number of hydrogen-bond donors (Lipinski definition) is 2. The van der Waals surface area contributed by atoms with Crippen molar-refractivity contribution < 1.29 is 54.1 Å². The van der Waals surface area contributed by atoms with Gasteiger partial charge in [-0.3, -0.25) is 9.59 Å². The molecule has 0 saturated heterocycles. The minimum Gasteiger partial charge on any atom is -0.877 e. The number of aliphatic hydroxyl groups is 1. The van der Waals surface area contributed by atoms with E-state index in [4.69, 9.17) is 4.74 Å². The number of benzene rings is 2. The van der Waals surface area contributed by atoms with Crippen molar-refractivity contribution in [3.63, 3.8) is 0 Å². The van der Waals surface area contributed by atoms with Crippen LogP contribution in [-0.2, 0) is 14.3 Å². The van der Waals surface area contributed by atoms with Gasteiger partial charge in [0.1, 0.15) is 0 Å². The molecule has 0 aromatic heterocycles. The quantitative estimate of drug-likeness (QED) is 0.347. The molecular formula is C23H24N3NaO5. The summed E-state index contributed by atoms with van der Waals surface area (Å²) in [5.41, 5.74) is 3.12. The molecule has 2 aromatic carbocycles. The molecule has 3 rings (SSSR count). The number of aryl methyl sites for hydroxylation is 2.